The minimum Gasteiger partial charge on any atom is -0.390 e. The molecule has 4 nitrogen and oxygen atoms in total. The van der Waals surface area contributed by atoms with E-state index in [9.17, 15) is 9.90 Å². The Morgan fingerprint density at radius 3 is 2.30 bits per heavy atom. The Kier molecular flexibility index (Phi) is 6.64. The van der Waals surface area contributed by atoms with Gasteiger partial charge < -0.3 is 14.6 Å². The van der Waals surface area contributed by atoms with Crippen LogP contribution in [0.15, 0.2) is 0 Å². The Labute approximate surface area is 143 Å². The second kappa shape index (κ2) is 7.34. The van der Waals surface area contributed by atoms with Crippen LogP contribution in [0.1, 0.15) is 60.8 Å². The van der Waals surface area contributed by atoms with Gasteiger partial charge in [0.05, 0.1) is 14.2 Å². The van der Waals surface area contributed by atoms with Crippen LogP contribution in [0.3, 0.4) is 0 Å². The highest BCUT2D eigenvalue weighted by molar-refractivity contribution is 6.81. The normalized spacial score (nSPS) is 27.1. The lowest BCUT2D eigenvalue weighted by atomic mass is 9.94. The van der Waals surface area contributed by atoms with Crippen LogP contribution in [0.25, 0.3) is 0 Å². The van der Waals surface area contributed by atoms with E-state index in [2.05, 4.69) is 33.9 Å². The molecule has 0 unspecified atom stereocenters. The first-order valence-electron chi connectivity index (χ1n) is 8.86. The van der Waals surface area contributed by atoms with Crippen molar-refractivity contribution in [3.05, 3.63) is 0 Å². The first-order chi connectivity index (χ1) is 10.3. The summed E-state index contributed by atoms with van der Waals surface area (Å²) in [5.41, 5.74) is -0.167. The number of aliphatic hydroxyl groups excluding tert-OH is 1. The number of Topliss-reactive ketones (excluding diaryl/α,β-unsaturated/α-hetero) is 1. The summed E-state index contributed by atoms with van der Waals surface area (Å²) in [6, 6.07) is 1.03. The molecule has 1 fully saturated rings. The average Bonchev–Trinajstić information content (AvgIpc) is 2.38. The molecule has 0 aliphatic carbocycles. The van der Waals surface area contributed by atoms with E-state index in [0.717, 1.165) is 18.9 Å². The molecule has 136 valence electrons. The Bertz CT molecular complexity index is 412. The molecule has 1 N–H and O–H groups in total. The lowest BCUT2D eigenvalue weighted by Crippen LogP contribution is -2.63. The molecule has 0 spiro atoms. The number of carbonyl (C=O) groups is 1. The number of hydrogen-bond donors (Lipinski definition) is 1. The van der Waals surface area contributed by atoms with Gasteiger partial charge >= 0.3 is 0 Å². The third-order valence-electron chi connectivity index (χ3n) is 4.51. The Morgan fingerprint density at radius 1 is 1.26 bits per heavy atom. The van der Waals surface area contributed by atoms with E-state index >= 15 is 0 Å². The summed E-state index contributed by atoms with van der Waals surface area (Å²) in [6.07, 6.45) is 0.965. The van der Waals surface area contributed by atoms with Gasteiger partial charge in [-0.2, -0.15) is 0 Å². The maximum absolute atomic E-state index is 12.9. The van der Waals surface area contributed by atoms with Crippen molar-refractivity contribution in [2.45, 2.75) is 104 Å². The van der Waals surface area contributed by atoms with Crippen LogP contribution >= 0.6 is 0 Å². The van der Waals surface area contributed by atoms with Crippen LogP contribution < -0.4 is 0 Å². The molecule has 0 amide bonds. The number of ether oxygens (including phenoxy) is 2. The predicted octanol–water partition coefficient (Wildman–Crippen LogP) is 3.92. The molecule has 0 aromatic rings. The standard InChI is InChI=1S/C18H36O4Si/c1-9-10-13(19)15-14(20)16(22-18(5,6)21-15)23(7,8)12-11-17(2,3)4/h13,15-16,19H,9-12H2,1-8H3/t13-,15-,16-/m0/s1. The quantitative estimate of drug-likeness (QED) is 0.742. The fourth-order valence-corrected chi connectivity index (χ4v) is 6.16. The van der Waals surface area contributed by atoms with Crippen molar-refractivity contribution in [1.82, 2.24) is 0 Å². The van der Waals surface area contributed by atoms with Gasteiger partial charge in [-0.3, -0.25) is 4.79 Å². The van der Waals surface area contributed by atoms with E-state index < -0.39 is 31.8 Å². The third kappa shape index (κ3) is 5.96. The molecular formula is C18H36O4Si. The van der Waals surface area contributed by atoms with Gasteiger partial charge in [-0.1, -0.05) is 59.7 Å². The number of aliphatic hydroxyl groups is 1. The van der Waals surface area contributed by atoms with Crippen molar-refractivity contribution in [3.8, 4) is 0 Å². The maximum Gasteiger partial charge on any atom is 0.189 e. The molecular weight excluding hydrogens is 308 g/mol. The highest BCUT2D eigenvalue weighted by Crippen LogP contribution is 2.35. The maximum atomic E-state index is 12.9. The van der Waals surface area contributed by atoms with Crippen LogP contribution in [-0.2, 0) is 14.3 Å². The summed E-state index contributed by atoms with van der Waals surface area (Å²) >= 11 is 0. The summed E-state index contributed by atoms with van der Waals surface area (Å²) in [6.45, 7) is 16.8. The van der Waals surface area contributed by atoms with E-state index in [1.165, 1.54) is 0 Å². The summed E-state index contributed by atoms with van der Waals surface area (Å²) < 4.78 is 11.8. The van der Waals surface area contributed by atoms with Gasteiger partial charge in [-0.25, -0.2) is 0 Å². The van der Waals surface area contributed by atoms with Gasteiger partial charge in [0.1, 0.15) is 11.8 Å². The zero-order valence-corrected chi connectivity index (χ0v) is 17.2. The van der Waals surface area contributed by atoms with Gasteiger partial charge in [0, 0.05) is 0 Å². The van der Waals surface area contributed by atoms with Crippen LogP contribution in [0.5, 0.6) is 0 Å². The van der Waals surface area contributed by atoms with Crippen molar-refractivity contribution in [3.63, 3.8) is 0 Å². The van der Waals surface area contributed by atoms with E-state index in [1.54, 1.807) is 0 Å². The molecule has 0 saturated carbocycles. The number of carbonyl (C=O) groups excluding carboxylic acids is 1. The molecule has 5 heteroatoms. The van der Waals surface area contributed by atoms with E-state index in [4.69, 9.17) is 9.47 Å². The van der Waals surface area contributed by atoms with Crippen molar-refractivity contribution < 1.29 is 19.4 Å². The molecule has 3 atom stereocenters. The van der Waals surface area contributed by atoms with Crippen molar-refractivity contribution >= 4 is 13.9 Å². The minimum atomic E-state index is -1.94. The topological polar surface area (TPSA) is 55.8 Å². The SMILES string of the molecule is CCC[C@H](O)[C@@H]1OC(C)(C)O[C@@H]([Si](C)(C)CCC(C)(C)C)C1=O. The van der Waals surface area contributed by atoms with Crippen molar-refractivity contribution in [1.29, 1.82) is 0 Å². The van der Waals surface area contributed by atoms with Crippen LogP contribution in [0.4, 0.5) is 0 Å². The van der Waals surface area contributed by atoms with E-state index in [1.807, 2.05) is 20.8 Å². The summed E-state index contributed by atoms with van der Waals surface area (Å²) in [7, 11) is -1.94. The Balaban J connectivity index is 2.96. The smallest absolute Gasteiger partial charge is 0.189 e. The van der Waals surface area contributed by atoms with E-state index in [0.29, 0.717) is 6.42 Å². The van der Waals surface area contributed by atoms with Gasteiger partial charge in [0.15, 0.2) is 11.6 Å². The van der Waals surface area contributed by atoms with Gasteiger partial charge in [-0.15, -0.1) is 0 Å². The Hall–Kier alpha value is -0.233. The zero-order valence-electron chi connectivity index (χ0n) is 16.2. The molecule has 0 aromatic carbocycles. The fourth-order valence-electron chi connectivity index (χ4n) is 2.97. The average molecular weight is 345 g/mol. The van der Waals surface area contributed by atoms with Gasteiger partial charge in [0.2, 0.25) is 0 Å². The molecule has 0 bridgehead atoms. The first-order valence-corrected chi connectivity index (χ1v) is 12.1. The molecule has 0 aromatic heterocycles. The van der Waals surface area contributed by atoms with Crippen molar-refractivity contribution in [2.75, 3.05) is 0 Å². The second-order valence-electron chi connectivity index (χ2n) is 9.24. The summed E-state index contributed by atoms with van der Waals surface area (Å²) in [4.78, 5) is 12.9. The highest BCUT2D eigenvalue weighted by atomic mass is 28.3. The fraction of sp³-hybridized carbons (Fsp3) is 0.944. The number of ketones is 1. The van der Waals surface area contributed by atoms with Crippen LogP contribution in [0.2, 0.25) is 19.1 Å². The molecule has 1 aliphatic heterocycles. The summed E-state index contributed by atoms with van der Waals surface area (Å²) in [5, 5.41) is 10.3. The first kappa shape index (κ1) is 20.8. The molecule has 1 rings (SSSR count). The predicted molar refractivity (Wildman–Crippen MR) is 96.1 cm³/mol. The van der Waals surface area contributed by atoms with Crippen molar-refractivity contribution in [2.24, 2.45) is 5.41 Å². The second-order valence-corrected chi connectivity index (χ2v) is 14.2. The molecule has 1 aliphatic rings. The number of rotatable bonds is 6. The monoisotopic (exact) mass is 344 g/mol. The molecule has 1 heterocycles. The van der Waals surface area contributed by atoms with Crippen LogP contribution in [-0.4, -0.2) is 42.7 Å². The van der Waals surface area contributed by atoms with Gasteiger partial charge in [0.25, 0.3) is 0 Å². The molecule has 1 saturated heterocycles. The van der Waals surface area contributed by atoms with Crippen LogP contribution in [0, 0.1) is 5.41 Å². The molecule has 0 radical (unpaired) electrons. The minimum absolute atomic E-state index is 0.0594. The molecule has 23 heavy (non-hydrogen) atoms. The van der Waals surface area contributed by atoms with Gasteiger partial charge in [-0.05, 0) is 25.7 Å². The Morgan fingerprint density at radius 2 is 1.83 bits per heavy atom. The highest BCUT2D eigenvalue weighted by Gasteiger charge is 2.51. The lowest BCUT2D eigenvalue weighted by molar-refractivity contribution is -0.280. The van der Waals surface area contributed by atoms with E-state index in [-0.39, 0.29) is 11.2 Å². The lowest BCUT2D eigenvalue weighted by Gasteiger charge is -2.46. The summed E-state index contributed by atoms with van der Waals surface area (Å²) in [5.74, 6) is -0.889. The largest absolute Gasteiger partial charge is 0.390 e. The number of hydrogen-bond acceptors (Lipinski definition) is 4. The zero-order chi connectivity index (χ0) is 18.1. The third-order valence-corrected chi connectivity index (χ3v) is 7.87.